The van der Waals surface area contributed by atoms with E-state index >= 15 is 0 Å². The van der Waals surface area contributed by atoms with Gasteiger partial charge >= 0.3 is 5.97 Å². The zero-order chi connectivity index (χ0) is 15.1. The molecule has 0 aliphatic carbocycles. The van der Waals surface area contributed by atoms with Crippen LogP contribution in [0.4, 0.5) is 0 Å². The molecule has 0 N–H and O–H groups in total. The first kappa shape index (κ1) is 15.9. The van der Waals surface area contributed by atoms with Crippen LogP contribution in [0.25, 0.3) is 0 Å². The lowest BCUT2D eigenvalue weighted by Crippen LogP contribution is -2.41. The maximum atomic E-state index is 12.2. The third-order valence-electron chi connectivity index (χ3n) is 2.93. The second-order valence-corrected chi connectivity index (χ2v) is 4.28. The Bertz CT molecular complexity index is 484. The summed E-state index contributed by atoms with van der Waals surface area (Å²) in [5, 5.41) is 0. The van der Waals surface area contributed by atoms with Gasteiger partial charge in [0, 0.05) is 12.6 Å². The highest BCUT2D eigenvalue weighted by atomic mass is 16.5. The van der Waals surface area contributed by atoms with Crippen molar-refractivity contribution in [1.82, 2.24) is 4.90 Å². The molecule has 0 aliphatic heterocycles. The standard InChI is InChI=1S/C15H19NO4/c1-4-12(15(19)20-5-2)14(18)16(3)13(17)11-9-7-6-8-10-11/h6-10,12H,4-5H2,1-3H3. The highest BCUT2D eigenvalue weighted by molar-refractivity contribution is 6.09. The molecule has 1 aromatic rings. The lowest BCUT2D eigenvalue weighted by Gasteiger charge is -2.20. The number of amides is 2. The summed E-state index contributed by atoms with van der Waals surface area (Å²) in [6.07, 6.45) is 0.296. The number of esters is 1. The van der Waals surface area contributed by atoms with Crippen molar-refractivity contribution in [2.24, 2.45) is 5.92 Å². The third-order valence-corrected chi connectivity index (χ3v) is 2.93. The molecule has 20 heavy (non-hydrogen) atoms. The van der Waals surface area contributed by atoms with Crippen molar-refractivity contribution in [2.45, 2.75) is 20.3 Å². The quantitative estimate of drug-likeness (QED) is 0.609. The van der Waals surface area contributed by atoms with Crippen LogP contribution < -0.4 is 0 Å². The molecular formula is C15H19NO4. The molecule has 1 rings (SSSR count). The zero-order valence-electron chi connectivity index (χ0n) is 12.0. The lowest BCUT2D eigenvalue weighted by atomic mass is 10.0. The molecule has 5 nitrogen and oxygen atoms in total. The molecule has 0 saturated carbocycles. The van der Waals surface area contributed by atoms with Gasteiger partial charge in [0.25, 0.3) is 5.91 Å². The van der Waals surface area contributed by atoms with Gasteiger partial charge in [-0.1, -0.05) is 25.1 Å². The summed E-state index contributed by atoms with van der Waals surface area (Å²) in [5.74, 6) is -2.50. The number of imide groups is 1. The summed E-state index contributed by atoms with van der Waals surface area (Å²) in [6.45, 7) is 3.59. The molecule has 1 atom stereocenters. The van der Waals surface area contributed by atoms with Crippen LogP contribution in [-0.4, -0.2) is 36.3 Å². The number of hydrogen-bond donors (Lipinski definition) is 0. The monoisotopic (exact) mass is 277 g/mol. The van der Waals surface area contributed by atoms with E-state index in [1.807, 2.05) is 0 Å². The van der Waals surface area contributed by atoms with Crippen LogP contribution in [0, 0.1) is 5.92 Å². The molecule has 5 heteroatoms. The Morgan fingerprint density at radius 3 is 2.25 bits per heavy atom. The van der Waals surface area contributed by atoms with Crippen molar-refractivity contribution in [2.75, 3.05) is 13.7 Å². The van der Waals surface area contributed by atoms with Crippen LogP contribution in [0.2, 0.25) is 0 Å². The SMILES string of the molecule is CCOC(=O)C(CC)C(=O)N(C)C(=O)c1ccccc1. The Labute approximate surface area is 118 Å². The number of nitrogens with zero attached hydrogens (tertiary/aromatic N) is 1. The number of carbonyl (C=O) groups is 3. The minimum absolute atomic E-state index is 0.207. The average Bonchev–Trinajstić information content (AvgIpc) is 2.47. The first-order valence-corrected chi connectivity index (χ1v) is 6.56. The van der Waals surface area contributed by atoms with Gasteiger partial charge in [-0.15, -0.1) is 0 Å². The molecular weight excluding hydrogens is 258 g/mol. The molecule has 0 radical (unpaired) electrons. The summed E-state index contributed by atoms with van der Waals surface area (Å²) in [6, 6.07) is 8.46. The summed E-state index contributed by atoms with van der Waals surface area (Å²) in [5.41, 5.74) is 0.405. The molecule has 0 bridgehead atoms. The summed E-state index contributed by atoms with van der Waals surface area (Å²) in [4.78, 5) is 37.0. The summed E-state index contributed by atoms with van der Waals surface area (Å²) in [7, 11) is 1.37. The average molecular weight is 277 g/mol. The Kier molecular flexibility index (Phi) is 5.90. The van der Waals surface area contributed by atoms with Gasteiger partial charge in [0.2, 0.25) is 5.91 Å². The minimum Gasteiger partial charge on any atom is -0.465 e. The van der Waals surface area contributed by atoms with Gasteiger partial charge in [0.15, 0.2) is 0 Å². The van der Waals surface area contributed by atoms with Crippen LogP contribution in [0.5, 0.6) is 0 Å². The number of rotatable bonds is 5. The second-order valence-electron chi connectivity index (χ2n) is 4.28. The number of ether oxygens (including phenoxy) is 1. The molecule has 1 unspecified atom stereocenters. The van der Waals surface area contributed by atoms with Crippen molar-refractivity contribution < 1.29 is 19.1 Å². The largest absolute Gasteiger partial charge is 0.465 e. The zero-order valence-corrected chi connectivity index (χ0v) is 12.0. The maximum absolute atomic E-state index is 12.2. The molecule has 0 fully saturated rings. The van der Waals surface area contributed by atoms with E-state index < -0.39 is 23.7 Å². The number of benzene rings is 1. The molecule has 1 aromatic carbocycles. The predicted octanol–water partition coefficient (Wildman–Crippen LogP) is 1.87. The Morgan fingerprint density at radius 1 is 1.15 bits per heavy atom. The third kappa shape index (κ3) is 3.66. The van der Waals surface area contributed by atoms with Crippen LogP contribution >= 0.6 is 0 Å². The van der Waals surface area contributed by atoms with Crippen molar-refractivity contribution in [3.63, 3.8) is 0 Å². The van der Waals surface area contributed by atoms with E-state index in [0.717, 1.165) is 4.90 Å². The highest BCUT2D eigenvalue weighted by Gasteiger charge is 2.31. The van der Waals surface area contributed by atoms with Crippen LogP contribution in [0.15, 0.2) is 30.3 Å². The fourth-order valence-corrected chi connectivity index (χ4v) is 1.79. The van der Waals surface area contributed by atoms with E-state index in [-0.39, 0.29) is 6.61 Å². The Morgan fingerprint density at radius 2 is 1.75 bits per heavy atom. The second kappa shape index (κ2) is 7.43. The normalized spacial score (nSPS) is 11.6. The van der Waals surface area contributed by atoms with E-state index in [0.29, 0.717) is 12.0 Å². The fraction of sp³-hybridized carbons (Fsp3) is 0.400. The van der Waals surface area contributed by atoms with E-state index in [1.165, 1.54) is 7.05 Å². The van der Waals surface area contributed by atoms with Gasteiger partial charge in [-0.25, -0.2) is 0 Å². The van der Waals surface area contributed by atoms with E-state index in [1.54, 1.807) is 44.2 Å². The topological polar surface area (TPSA) is 63.7 Å². The van der Waals surface area contributed by atoms with Gasteiger partial charge in [0.1, 0.15) is 5.92 Å². The number of carbonyl (C=O) groups excluding carboxylic acids is 3. The molecule has 108 valence electrons. The molecule has 0 saturated heterocycles. The summed E-state index contributed by atoms with van der Waals surface area (Å²) < 4.78 is 4.85. The molecule has 0 aromatic heterocycles. The number of hydrogen-bond acceptors (Lipinski definition) is 4. The van der Waals surface area contributed by atoms with Crippen molar-refractivity contribution >= 4 is 17.8 Å². The molecule has 0 heterocycles. The molecule has 2 amide bonds. The van der Waals surface area contributed by atoms with Gasteiger partial charge in [-0.05, 0) is 25.5 Å². The minimum atomic E-state index is -0.937. The van der Waals surface area contributed by atoms with E-state index in [4.69, 9.17) is 4.74 Å². The van der Waals surface area contributed by atoms with Crippen molar-refractivity contribution in [3.05, 3.63) is 35.9 Å². The Balaban J connectivity index is 2.84. The Hall–Kier alpha value is -2.17. The maximum Gasteiger partial charge on any atom is 0.318 e. The predicted molar refractivity (Wildman–Crippen MR) is 74.0 cm³/mol. The van der Waals surface area contributed by atoms with Gasteiger partial charge < -0.3 is 4.74 Å². The van der Waals surface area contributed by atoms with Gasteiger partial charge in [0.05, 0.1) is 6.61 Å². The van der Waals surface area contributed by atoms with E-state index in [9.17, 15) is 14.4 Å². The fourth-order valence-electron chi connectivity index (χ4n) is 1.79. The lowest BCUT2D eigenvalue weighted by molar-refractivity contribution is -0.154. The van der Waals surface area contributed by atoms with Crippen molar-refractivity contribution in [1.29, 1.82) is 0 Å². The first-order chi connectivity index (χ1) is 9.52. The molecule has 0 aliphatic rings. The van der Waals surface area contributed by atoms with Crippen LogP contribution in [0.1, 0.15) is 30.6 Å². The van der Waals surface area contributed by atoms with Crippen LogP contribution in [-0.2, 0) is 14.3 Å². The highest BCUT2D eigenvalue weighted by Crippen LogP contribution is 2.12. The van der Waals surface area contributed by atoms with Gasteiger partial charge in [-0.3, -0.25) is 19.3 Å². The van der Waals surface area contributed by atoms with Crippen molar-refractivity contribution in [3.8, 4) is 0 Å². The van der Waals surface area contributed by atoms with Gasteiger partial charge in [-0.2, -0.15) is 0 Å². The molecule has 0 spiro atoms. The first-order valence-electron chi connectivity index (χ1n) is 6.56. The van der Waals surface area contributed by atoms with Crippen LogP contribution in [0.3, 0.4) is 0 Å². The van der Waals surface area contributed by atoms with E-state index in [2.05, 4.69) is 0 Å². The smallest absolute Gasteiger partial charge is 0.318 e. The summed E-state index contributed by atoms with van der Waals surface area (Å²) >= 11 is 0.